The molecule has 3 atom stereocenters. The number of hydrogen-bond donors (Lipinski definition) is 2. The van der Waals surface area contributed by atoms with Crippen LogP contribution in [-0.4, -0.2) is 30.7 Å². The molecule has 20 heavy (non-hydrogen) atoms. The second-order valence-electron chi connectivity index (χ2n) is 6.25. The molecule has 0 saturated heterocycles. The molecule has 0 bridgehead atoms. The molecule has 2 fully saturated rings. The van der Waals surface area contributed by atoms with Crippen LogP contribution in [0.3, 0.4) is 0 Å². The minimum atomic E-state index is -0.137. The molecule has 2 aromatic heterocycles. The third kappa shape index (κ3) is 1.57. The van der Waals surface area contributed by atoms with Gasteiger partial charge in [-0.3, -0.25) is 0 Å². The van der Waals surface area contributed by atoms with Crippen LogP contribution in [0.5, 0.6) is 0 Å². The van der Waals surface area contributed by atoms with E-state index < -0.39 is 0 Å². The van der Waals surface area contributed by atoms with Gasteiger partial charge in [0.2, 0.25) is 0 Å². The number of nitrogens with zero attached hydrogens (tertiary/aromatic N) is 4. The molecule has 2 aliphatic rings. The molecule has 4 rings (SSSR count). The highest BCUT2D eigenvalue weighted by Gasteiger charge is 2.47. The second kappa shape index (κ2) is 4.15. The van der Waals surface area contributed by atoms with Crippen molar-refractivity contribution in [2.75, 3.05) is 5.73 Å². The van der Waals surface area contributed by atoms with Crippen molar-refractivity contribution in [1.29, 1.82) is 0 Å². The number of aromatic nitrogens is 4. The minimum absolute atomic E-state index is 0.125. The fourth-order valence-corrected chi connectivity index (χ4v) is 4.15. The zero-order valence-electron chi connectivity index (χ0n) is 11.4. The van der Waals surface area contributed by atoms with E-state index in [2.05, 4.69) is 19.5 Å². The van der Waals surface area contributed by atoms with Crippen LogP contribution in [0.4, 0.5) is 5.82 Å². The van der Waals surface area contributed by atoms with Crippen LogP contribution >= 0.6 is 0 Å². The summed E-state index contributed by atoms with van der Waals surface area (Å²) in [5.74, 6) is 0.433. The molecule has 6 heteroatoms. The maximum Gasteiger partial charge on any atom is 0.165 e. The first-order chi connectivity index (χ1) is 9.70. The van der Waals surface area contributed by atoms with Gasteiger partial charge in [-0.25, -0.2) is 15.0 Å². The van der Waals surface area contributed by atoms with E-state index in [0.29, 0.717) is 17.4 Å². The number of aliphatic hydroxyl groups is 1. The lowest BCUT2D eigenvalue weighted by molar-refractivity contribution is 0.0549. The summed E-state index contributed by atoms with van der Waals surface area (Å²) < 4.78 is 2.12. The molecule has 0 radical (unpaired) electrons. The van der Waals surface area contributed by atoms with E-state index in [1.54, 1.807) is 0 Å². The van der Waals surface area contributed by atoms with Crippen molar-refractivity contribution in [3.8, 4) is 0 Å². The Hall–Kier alpha value is -1.69. The third-order valence-electron chi connectivity index (χ3n) is 5.26. The molecule has 0 aliphatic heterocycles. The quantitative estimate of drug-likeness (QED) is 0.824. The average molecular weight is 273 g/mol. The van der Waals surface area contributed by atoms with E-state index in [9.17, 15) is 5.11 Å². The van der Waals surface area contributed by atoms with Crippen LogP contribution in [0.25, 0.3) is 11.2 Å². The summed E-state index contributed by atoms with van der Waals surface area (Å²) in [5, 5.41) is 10.3. The molecular formula is C14H19N5O. The van der Waals surface area contributed by atoms with Crippen LogP contribution in [0.15, 0.2) is 12.7 Å². The molecule has 2 saturated carbocycles. The van der Waals surface area contributed by atoms with Gasteiger partial charge >= 0.3 is 0 Å². The fraction of sp³-hybridized carbons (Fsp3) is 0.643. The van der Waals surface area contributed by atoms with Crippen molar-refractivity contribution in [3.05, 3.63) is 12.7 Å². The van der Waals surface area contributed by atoms with Gasteiger partial charge in [0.05, 0.1) is 12.4 Å². The molecule has 6 nitrogen and oxygen atoms in total. The van der Waals surface area contributed by atoms with E-state index in [1.165, 1.54) is 6.33 Å². The van der Waals surface area contributed by atoms with Crippen LogP contribution < -0.4 is 5.73 Å². The largest absolute Gasteiger partial charge is 0.393 e. The lowest BCUT2D eigenvalue weighted by atomic mass is 9.82. The number of nitrogens with two attached hydrogens (primary N) is 1. The first-order valence-corrected chi connectivity index (χ1v) is 7.31. The lowest BCUT2D eigenvalue weighted by Gasteiger charge is -2.27. The first-order valence-electron chi connectivity index (χ1n) is 7.31. The van der Waals surface area contributed by atoms with E-state index in [-0.39, 0.29) is 11.5 Å². The Morgan fingerprint density at radius 2 is 2.15 bits per heavy atom. The minimum Gasteiger partial charge on any atom is -0.393 e. The van der Waals surface area contributed by atoms with Gasteiger partial charge in [-0.1, -0.05) is 6.42 Å². The smallest absolute Gasteiger partial charge is 0.165 e. The van der Waals surface area contributed by atoms with E-state index in [0.717, 1.165) is 44.2 Å². The molecule has 2 heterocycles. The highest BCUT2D eigenvalue weighted by molar-refractivity contribution is 5.81. The number of hydrogen-bond acceptors (Lipinski definition) is 5. The average Bonchev–Trinajstić information content (AvgIpc) is 3.11. The van der Waals surface area contributed by atoms with Gasteiger partial charge in [-0.15, -0.1) is 0 Å². The third-order valence-corrected chi connectivity index (χ3v) is 5.26. The molecule has 3 N–H and O–H groups in total. The normalized spacial score (nSPS) is 33.5. The standard InChI is InChI=1S/C14H19N5O/c15-12-11-13(17-7-16-12)19(8-18-11)9-3-5-14(6-9)4-1-2-10(14)20/h7-10,20H,1-6H2,(H2,15,16,17)/t9-,10+,14+/m0/s1. The second-order valence-corrected chi connectivity index (χ2v) is 6.25. The molecular weight excluding hydrogens is 254 g/mol. The first kappa shape index (κ1) is 12.1. The summed E-state index contributed by atoms with van der Waals surface area (Å²) in [6.45, 7) is 0. The van der Waals surface area contributed by atoms with Crippen molar-refractivity contribution in [3.63, 3.8) is 0 Å². The molecule has 2 aromatic rings. The van der Waals surface area contributed by atoms with Crippen LogP contribution in [0.1, 0.15) is 44.6 Å². The molecule has 0 unspecified atom stereocenters. The number of imidazole rings is 1. The summed E-state index contributed by atoms with van der Waals surface area (Å²) in [5.41, 5.74) is 7.46. The topological polar surface area (TPSA) is 89.9 Å². The van der Waals surface area contributed by atoms with Gasteiger partial charge in [0, 0.05) is 6.04 Å². The Morgan fingerprint density at radius 1 is 1.25 bits per heavy atom. The summed E-state index contributed by atoms with van der Waals surface area (Å²) in [6, 6.07) is 0.363. The molecule has 0 amide bonds. The van der Waals surface area contributed by atoms with Crippen LogP contribution in [0.2, 0.25) is 0 Å². The van der Waals surface area contributed by atoms with Crippen molar-refractivity contribution in [2.45, 2.75) is 50.7 Å². The summed E-state index contributed by atoms with van der Waals surface area (Å²) in [4.78, 5) is 12.7. The van der Waals surface area contributed by atoms with Crippen molar-refractivity contribution >= 4 is 17.0 Å². The monoisotopic (exact) mass is 273 g/mol. The summed E-state index contributed by atoms with van der Waals surface area (Å²) in [6.07, 6.45) is 9.61. The Labute approximate surface area is 117 Å². The van der Waals surface area contributed by atoms with Crippen molar-refractivity contribution in [1.82, 2.24) is 19.5 Å². The van der Waals surface area contributed by atoms with E-state index in [1.807, 2.05) is 6.33 Å². The predicted octanol–water partition coefficient (Wildman–Crippen LogP) is 1.66. The van der Waals surface area contributed by atoms with E-state index >= 15 is 0 Å². The fourth-order valence-electron chi connectivity index (χ4n) is 4.15. The van der Waals surface area contributed by atoms with E-state index in [4.69, 9.17) is 5.73 Å². The Bertz CT molecular complexity index is 654. The molecule has 1 spiro atoms. The van der Waals surface area contributed by atoms with Gasteiger partial charge in [-0.2, -0.15) is 0 Å². The van der Waals surface area contributed by atoms with Gasteiger partial charge in [-0.05, 0) is 37.5 Å². The highest BCUT2D eigenvalue weighted by atomic mass is 16.3. The number of aliphatic hydroxyl groups excluding tert-OH is 1. The number of rotatable bonds is 1. The molecule has 106 valence electrons. The summed E-state index contributed by atoms with van der Waals surface area (Å²) in [7, 11) is 0. The van der Waals surface area contributed by atoms with Gasteiger partial charge in [0.15, 0.2) is 11.5 Å². The van der Waals surface area contributed by atoms with Gasteiger partial charge in [0.1, 0.15) is 11.8 Å². The number of anilines is 1. The van der Waals surface area contributed by atoms with Crippen LogP contribution in [0, 0.1) is 5.41 Å². The number of fused-ring (bicyclic) bond motifs is 1. The predicted molar refractivity (Wildman–Crippen MR) is 74.9 cm³/mol. The Kier molecular flexibility index (Phi) is 2.51. The van der Waals surface area contributed by atoms with Crippen molar-refractivity contribution in [2.24, 2.45) is 5.41 Å². The maximum atomic E-state index is 10.3. The zero-order valence-corrected chi connectivity index (χ0v) is 11.4. The number of nitrogen functional groups attached to an aromatic ring is 1. The van der Waals surface area contributed by atoms with Gasteiger partial charge in [0.25, 0.3) is 0 Å². The molecule has 2 aliphatic carbocycles. The maximum absolute atomic E-state index is 10.3. The highest BCUT2D eigenvalue weighted by Crippen LogP contribution is 2.54. The SMILES string of the molecule is Nc1ncnc2c1ncn2[C@H]1CC[C@]2(CCC[C@H]2O)C1. The Morgan fingerprint density at radius 3 is 2.95 bits per heavy atom. The zero-order chi connectivity index (χ0) is 13.7. The van der Waals surface area contributed by atoms with Crippen LogP contribution in [-0.2, 0) is 0 Å². The van der Waals surface area contributed by atoms with Crippen molar-refractivity contribution < 1.29 is 5.11 Å². The Balaban J connectivity index is 1.70. The lowest BCUT2D eigenvalue weighted by Crippen LogP contribution is -2.27. The van der Waals surface area contributed by atoms with Gasteiger partial charge < -0.3 is 15.4 Å². The molecule has 0 aromatic carbocycles. The summed E-state index contributed by atoms with van der Waals surface area (Å²) >= 11 is 0.